The lowest BCUT2D eigenvalue weighted by Crippen LogP contribution is -2.13. The first-order chi connectivity index (χ1) is 10.4. The minimum atomic E-state index is -3.77. The fourth-order valence-corrected chi connectivity index (χ4v) is 5.36. The number of sulfonamides is 1. The number of primary sulfonamides is 1. The molecule has 2 N–H and O–H groups in total. The van der Waals surface area contributed by atoms with E-state index in [1.54, 1.807) is 29.7 Å². The lowest BCUT2D eigenvalue weighted by molar-refractivity contribution is 0.442. The molecule has 0 saturated heterocycles. The van der Waals surface area contributed by atoms with E-state index in [2.05, 4.69) is 20.9 Å². The molecule has 0 radical (unpaired) electrons. The molecular formula is C15H17BrN2O2S2. The van der Waals surface area contributed by atoms with Gasteiger partial charge in [0.05, 0.1) is 14.8 Å². The first-order valence-corrected chi connectivity index (χ1v) is 10.4. The molecule has 7 heteroatoms. The van der Waals surface area contributed by atoms with Crippen LogP contribution >= 0.6 is 27.3 Å². The zero-order chi connectivity index (χ0) is 15.7. The maximum absolute atomic E-state index is 11.8. The summed E-state index contributed by atoms with van der Waals surface area (Å²) in [5.41, 5.74) is 0.630. The van der Waals surface area contributed by atoms with Gasteiger partial charge in [-0.25, -0.2) is 18.5 Å². The Balaban J connectivity index is 2.00. The van der Waals surface area contributed by atoms with Gasteiger partial charge in [-0.3, -0.25) is 0 Å². The quantitative estimate of drug-likeness (QED) is 0.835. The molecule has 0 aliphatic heterocycles. The molecule has 1 heterocycles. The van der Waals surface area contributed by atoms with Gasteiger partial charge < -0.3 is 0 Å². The van der Waals surface area contributed by atoms with Crippen LogP contribution in [0.4, 0.5) is 0 Å². The second kappa shape index (κ2) is 6.39. The van der Waals surface area contributed by atoms with E-state index >= 15 is 0 Å². The van der Waals surface area contributed by atoms with Gasteiger partial charge in [0.2, 0.25) is 10.0 Å². The van der Waals surface area contributed by atoms with Crippen molar-refractivity contribution in [3.63, 3.8) is 0 Å². The Kier molecular flexibility index (Phi) is 4.68. The van der Waals surface area contributed by atoms with Crippen LogP contribution in [0.2, 0.25) is 0 Å². The molecule has 1 aliphatic carbocycles. The van der Waals surface area contributed by atoms with Gasteiger partial charge in [-0.2, -0.15) is 0 Å². The van der Waals surface area contributed by atoms with Crippen molar-refractivity contribution in [3.05, 3.63) is 33.9 Å². The summed E-state index contributed by atoms with van der Waals surface area (Å²) in [5, 5.41) is 6.46. The molecule has 0 atom stereocenters. The van der Waals surface area contributed by atoms with Crippen molar-refractivity contribution in [2.45, 2.75) is 42.9 Å². The first kappa shape index (κ1) is 16.1. The molecule has 0 amide bonds. The van der Waals surface area contributed by atoms with E-state index in [1.807, 2.05) is 6.07 Å². The van der Waals surface area contributed by atoms with E-state index in [1.165, 1.54) is 32.1 Å². The van der Waals surface area contributed by atoms with Gasteiger partial charge in [0.1, 0.15) is 0 Å². The molecule has 1 saturated carbocycles. The highest BCUT2D eigenvalue weighted by atomic mass is 79.9. The number of nitrogens with zero attached hydrogens (tertiary/aromatic N) is 1. The average molecular weight is 401 g/mol. The zero-order valence-corrected chi connectivity index (χ0v) is 15.2. The van der Waals surface area contributed by atoms with Crippen molar-refractivity contribution in [1.29, 1.82) is 0 Å². The van der Waals surface area contributed by atoms with Crippen LogP contribution in [0.25, 0.3) is 10.4 Å². The fourth-order valence-electron chi connectivity index (χ4n) is 2.89. The second-order valence-corrected chi connectivity index (χ2v) is 9.09. The second-order valence-electron chi connectivity index (χ2n) is 5.58. The van der Waals surface area contributed by atoms with E-state index in [0.29, 0.717) is 16.0 Å². The van der Waals surface area contributed by atoms with Crippen molar-refractivity contribution in [2.75, 3.05) is 0 Å². The molecule has 1 aromatic heterocycles. The molecule has 1 fully saturated rings. The summed E-state index contributed by atoms with van der Waals surface area (Å²) in [6.07, 6.45) is 7.93. The Morgan fingerprint density at radius 3 is 2.64 bits per heavy atom. The summed E-state index contributed by atoms with van der Waals surface area (Å²) in [6, 6.07) is 5.15. The van der Waals surface area contributed by atoms with Gasteiger partial charge in [-0.1, -0.05) is 41.3 Å². The van der Waals surface area contributed by atoms with E-state index < -0.39 is 10.0 Å². The summed E-state index contributed by atoms with van der Waals surface area (Å²) in [7, 11) is -3.77. The van der Waals surface area contributed by atoms with Crippen molar-refractivity contribution in [3.8, 4) is 10.4 Å². The maximum atomic E-state index is 11.8. The van der Waals surface area contributed by atoms with Crippen LogP contribution in [0.1, 0.15) is 43.0 Å². The average Bonchev–Trinajstić information content (AvgIpc) is 2.97. The van der Waals surface area contributed by atoms with Crippen LogP contribution in [0, 0.1) is 0 Å². The smallest absolute Gasteiger partial charge is 0.238 e. The largest absolute Gasteiger partial charge is 0.249 e. The number of benzene rings is 1. The molecule has 3 rings (SSSR count). The number of aromatic nitrogens is 1. The number of rotatable bonds is 3. The number of hydrogen-bond donors (Lipinski definition) is 1. The lowest BCUT2D eigenvalue weighted by Gasteiger charge is -2.18. The van der Waals surface area contributed by atoms with Crippen LogP contribution in [0.3, 0.4) is 0 Å². The predicted octanol–water partition coefficient (Wildman–Crippen LogP) is 4.27. The first-order valence-electron chi connectivity index (χ1n) is 7.23. The summed E-state index contributed by atoms with van der Waals surface area (Å²) in [4.78, 5) is 5.53. The highest BCUT2D eigenvalue weighted by molar-refractivity contribution is 9.10. The van der Waals surface area contributed by atoms with E-state index in [0.717, 1.165) is 9.88 Å². The third-order valence-corrected chi connectivity index (χ3v) is 6.63. The summed E-state index contributed by atoms with van der Waals surface area (Å²) < 4.78 is 24.3. The van der Waals surface area contributed by atoms with Crippen LogP contribution in [0.5, 0.6) is 0 Å². The van der Waals surface area contributed by atoms with E-state index in [9.17, 15) is 8.42 Å². The van der Waals surface area contributed by atoms with Crippen molar-refractivity contribution in [1.82, 2.24) is 4.98 Å². The number of hydrogen-bond acceptors (Lipinski definition) is 4. The van der Waals surface area contributed by atoms with Crippen LogP contribution in [-0.2, 0) is 10.0 Å². The Labute approximate surface area is 143 Å². The highest BCUT2D eigenvalue weighted by Crippen LogP contribution is 2.39. The Morgan fingerprint density at radius 2 is 1.95 bits per heavy atom. The Hall–Kier alpha value is -0.760. The SMILES string of the molecule is NS(=O)(=O)c1cc(Br)ccc1-c1cnc(C2CCCCC2)s1. The van der Waals surface area contributed by atoms with Crippen LogP contribution in [-0.4, -0.2) is 13.4 Å². The van der Waals surface area contributed by atoms with Crippen LogP contribution in [0.15, 0.2) is 33.8 Å². The maximum Gasteiger partial charge on any atom is 0.238 e. The Morgan fingerprint density at radius 1 is 1.23 bits per heavy atom. The molecule has 0 spiro atoms. The minimum absolute atomic E-state index is 0.140. The van der Waals surface area contributed by atoms with E-state index in [-0.39, 0.29) is 4.90 Å². The summed E-state index contributed by atoms with van der Waals surface area (Å²) in [5.74, 6) is 0.515. The molecule has 118 valence electrons. The third-order valence-electron chi connectivity index (χ3n) is 3.99. The monoisotopic (exact) mass is 400 g/mol. The number of thiazole rings is 1. The van der Waals surface area contributed by atoms with Gasteiger partial charge in [0, 0.05) is 22.2 Å². The number of nitrogens with two attached hydrogens (primary N) is 1. The highest BCUT2D eigenvalue weighted by Gasteiger charge is 2.21. The van der Waals surface area contributed by atoms with Gasteiger partial charge in [0.15, 0.2) is 0 Å². The predicted molar refractivity (Wildman–Crippen MR) is 92.4 cm³/mol. The summed E-state index contributed by atoms with van der Waals surface area (Å²) >= 11 is 4.88. The van der Waals surface area contributed by atoms with Crippen molar-refractivity contribution < 1.29 is 8.42 Å². The van der Waals surface area contributed by atoms with Crippen LogP contribution < -0.4 is 5.14 Å². The minimum Gasteiger partial charge on any atom is -0.249 e. The molecule has 1 aromatic carbocycles. The topological polar surface area (TPSA) is 73.1 Å². The molecule has 0 unspecified atom stereocenters. The van der Waals surface area contributed by atoms with E-state index in [4.69, 9.17) is 5.14 Å². The standard InChI is InChI=1S/C15H17BrN2O2S2/c16-11-6-7-12(14(8-11)22(17,19)20)13-9-18-15(21-13)10-4-2-1-3-5-10/h6-10H,1-5H2,(H2,17,19,20). The fraction of sp³-hybridized carbons (Fsp3) is 0.400. The molecule has 22 heavy (non-hydrogen) atoms. The molecule has 1 aliphatic rings. The molecule has 0 bridgehead atoms. The third kappa shape index (κ3) is 3.42. The lowest BCUT2D eigenvalue weighted by atomic mass is 9.90. The molecule has 2 aromatic rings. The van der Waals surface area contributed by atoms with Crippen molar-refractivity contribution >= 4 is 37.3 Å². The summed E-state index contributed by atoms with van der Waals surface area (Å²) in [6.45, 7) is 0. The van der Waals surface area contributed by atoms with Gasteiger partial charge in [-0.15, -0.1) is 11.3 Å². The number of halogens is 1. The zero-order valence-electron chi connectivity index (χ0n) is 12.0. The van der Waals surface area contributed by atoms with Gasteiger partial charge in [0.25, 0.3) is 0 Å². The molecular weight excluding hydrogens is 384 g/mol. The van der Waals surface area contributed by atoms with Crippen molar-refractivity contribution in [2.24, 2.45) is 5.14 Å². The van der Waals surface area contributed by atoms with Gasteiger partial charge in [-0.05, 0) is 25.0 Å². The Bertz CT molecular complexity index is 781. The van der Waals surface area contributed by atoms with Gasteiger partial charge >= 0.3 is 0 Å². The molecule has 4 nitrogen and oxygen atoms in total. The normalized spacial score (nSPS) is 16.8.